The van der Waals surface area contributed by atoms with Crippen LogP contribution in [0.2, 0.25) is 0 Å². The molecule has 0 unspecified atom stereocenters. The maximum atomic E-state index is 15.3. The Morgan fingerprint density at radius 2 is 0.580 bits per heavy atom. The Bertz CT molecular complexity index is 766. The minimum absolute atomic E-state index is 0. The number of rotatable bonds is 4. The predicted octanol–water partition coefficient (Wildman–Crippen LogP) is 3.95. The fourth-order valence-corrected chi connectivity index (χ4v) is 5.10. The molecule has 1 aromatic carbocycles. The molecule has 0 saturated carbocycles. The first kappa shape index (κ1) is 70.2. The summed E-state index contributed by atoms with van der Waals surface area (Å²) in [5, 5.41) is 20.1. The smallest absolute Gasteiger partial charge is 0.166 e. The van der Waals surface area contributed by atoms with Crippen molar-refractivity contribution < 1.29 is 28.5 Å². The molecule has 0 radical (unpaired) electrons. The third-order valence-corrected chi connectivity index (χ3v) is 7.45. The molecule has 0 atom stereocenters. The molecule has 0 aromatic heterocycles. The normalized spacial score (nSPS) is 17.5. The maximum absolute atomic E-state index is 15.3. The van der Waals surface area contributed by atoms with E-state index < -0.39 is 34.4 Å². The van der Waals surface area contributed by atoms with Gasteiger partial charge in [-0.05, 0) is 78.0 Å². The third kappa shape index (κ3) is 27.9. The summed E-state index contributed by atoms with van der Waals surface area (Å²) in [4.78, 5) is 3.74. The Morgan fingerprint density at radius 3 is 0.860 bits per heavy atom. The van der Waals surface area contributed by atoms with Crippen LogP contribution in [-0.4, -0.2) is 125 Å². The van der Waals surface area contributed by atoms with Gasteiger partial charge in [-0.1, -0.05) is 0 Å². The Labute approximate surface area is 380 Å². The van der Waals surface area contributed by atoms with Gasteiger partial charge in [0.25, 0.3) is 0 Å². The van der Waals surface area contributed by atoms with Crippen molar-refractivity contribution in [1.29, 1.82) is 0 Å². The van der Waals surface area contributed by atoms with Gasteiger partial charge in [-0.15, -0.1) is 136 Å². The summed E-state index contributed by atoms with van der Waals surface area (Å²) < 4.78 is 61.3. The Kier molecular flexibility index (Phi) is 61.9. The van der Waals surface area contributed by atoms with Crippen molar-refractivity contribution in [3.05, 3.63) is 34.4 Å². The molecule has 10 N–H and O–H groups in total. The first-order chi connectivity index (χ1) is 19.6. The quantitative estimate of drug-likeness (QED) is 0.197. The van der Waals surface area contributed by atoms with Gasteiger partial charge in [0, 0.05) is 76.6 Å². The van der Waals surface area contributed by atoms with Gasteiger partial charge < -0.3 is 42.9 Å². The number of hydrogen-bond donors (Lipinski definition) is 6. The molecule has 10 nitrogen and oxygen atoms in total. The van der Waals surface area contributed by atoms with Crippen molar-refractivity contribution >= 4 is 136 Å². The van der Waals surface area contributed by atoms with Crippen LogP contribution in [0.3, 0.4) is 0 Å². The van der Waals surface area contributed by atoms with Crippen molar-refractivity contribution in [3.63, 3.8) is 0 Å². The Hall–Kier alpha value is 2.38. The number of halogens is 12. The summed E-state index contributed by atoms with van der Waals surface area (Å²) >= 11 is 0. The SMILES string of the molecule is Br.Br.Br.Br.Br.Br.Br.Br.Fc1c(F)c(CN2CCCNCCNCCCNCC2)c(F)c(F)c1CN1CCCNCCNCCCNCC1.O.O. The van der Waals surface area contributed by atoms with Crippen LogP contribution in [0.1, 0.15) is 36.8 Å². The number of nitrogens with one attached hydrogen (secondary N) is 6. The lowest BCUT2D eigenvalue weighted by Gasteiger charge is -2.26. The van der Waals surface area contributed by atoms with E-state index in [0.29, 0.717) is 39.3 Å². The van der Waals surface area contributed by atoms with Crippen LogP contribution in [0, 0.1) is 23.3 Å². The summed E-state index contributed by atoms with van der Waals surface area (Å²) in [6.07, 6.45) is 3.48. The topological polar surface area (TPSA) is 142 Å². The van der Waals surface area contributed by atoms with Crippen molar-refractivity contribution in [3.8, 4) is 0 Å². The first-order valence-electron chi connectivity index (χ1n) is 15.1. The van der Waals surface area contributed by atoms with Gasteiger partial charge in [0.1, 0.15) is 0 Å². The van der Waals surface area contributed by atoms with Gasteiger partial charge in [0.05, 0.1) is 0 Å². The molecular weight excluding hydrogens is 1200 g/mol. The van der Waals surface area contributed by atoms with Crippen LogP contribution in [0.25, 0.3) is 0 Å². The molecule has 2 fully saturated rings. The van der Waals surface area contributed by atoms with Crippen molar-refractivity contribution in [2.75, 3.05) is 105 Å². The molecule has 0 amide bonds. The average Bonchev–Trinajstić information content (AvgIpc) is 2.95. The number of nitrogens with zero attached hydrogens (tertiary/aromatic N) is 2. The lowest BCUT2D eigenvalue weighted by Crippen LogP contribution is -2.37. The van der Waals surface area contributed by atoms with E-state index in [4.69, 9.17) is 0 Å². The molecule has 310 valence electrons. The van der Waals surface area contributed by atoms with E-state index in [2.05, 4.69) is 31.9 Å². The zero-order valence-electron chi connectivity index (χ0n) is 28.2. The van der Waals surface area contributed by atoms with Crippen LogP contribution in [-0.2, 0) is 13.1 Å². The summed E-state index contributed by atoms with van der Waals surface area (Å²) in [7, 11) is 0. The van der Waals surface area contributed by atoms with Crippen molar-refractivity contribution in [2.24, 2.45) is 0 Å². The molecule has 2 aliphatic rings. The third-order valence-electron chi connectivity index (χ3n) is 7.45. The fraction of sp³-hybridized carbons (Fsp3) is 0.786. The van der Waals surface area contributed by atoms with E-state index >= 15 is 17.6 Å². The van der Waals surface area contributed by atoms with E-state index in [0.717, 1.165) is 91.1 Å². The molecule has 22 heteroatoms. The minimum atomic E-state index is -1.28. The molecule has 0 bridgehead atoms. The second-order valence-corrected chi connectivity index (χ2v) is 10.7. The zero-order valence-corrected chi connectivity index (χ0v) is 41.9. The van der Waals surface area contributed by atoms with Gasteiger partial charge in [-0.3, -0.25) is 9.80 Å². The Morgan fingerprint density at radius 1 is 0.340 bits per heavy atom. The highest BCUT2D eigenvalue weighted by molar-refractivity contribution is 8.93. The second-order valence-electron chi connectivity index (χ2n) is 10.7. The highest BCUT2D eigenvalue weighted by Crippen LogP contribution is 2.26. The average molecular weight is 1260 g/mol. The van der Waals surface area contributed by atoms with Crippen LogP contribution < -0.4 is 31.9 Å². The lowest BCUT2D eigenvalue weighted by atomic mass is 10.1. The molecule has 1 aromatic rings. The summed E-state index contributed by atoms with van der Waals surface area (Å²) in [5.74, 6) is -5.11. The second kappa shape index (κ2) is 44.1. The molecule has 2 aliphatic heterocycles. The van der Waals surface area contributed by atoms with Crippen LogP contribution in [0.15, 0.2) is 0 Å². The molecule has 2 saturated heterocycles. The van der Waals surface area contributed by atoms with E-state index in [-0.39, 0.29) is 160 Å². The molecule has 0 spiro atoms. The Balaban J connectivity index is -0.000000294. The fourth-order valence-electron chi connectivity index (χ4n) is 5.10. The highest BCUT2D eigenvalue weighted by Gasteiger charge is 2.27. The molecular formula is C28H62Br8F4N8O2. The van der Waals surface area contributed by atoms with E-state index in [1.807, 2.05) is 9.80 Å². The first-order valence-corrected chi connectivity index (χ1v) is 15.1. The van der Waals surface area contributed by atoms with E-state index in [9.17, 15) is 0 Å². The van der Waals surface area contributed by atoms with Crippen molar-refractivity contribution in [2.45, 2.75) is 38.8 Å². The van der Waals surface area contributed by atoms with Crippen LogP contribution >= 0.6 is 136 Å². The molecule has 3 rings (SSSR count). The van der Waals surface area contributed by atoms with Gasteiger partial charge in [-0.2, -0.15) is 0 Å². The van der Waals surface area contributed by atoms with Gasteiger partial charge in [0.2, 0.25) is 0 Å². The van der Waals surface area contributed by atoms with Gasteiger partial charge in [0.15, 0.2) is 23.3 Å². The van der Waals surface area contributed by atoms with E-state index in [1.54, 1.807) is 0 Å². The molecule has 0 aliphatic carbocycles. The van der Waals surface area contributed by atoms with Crippen LogP contribution in [0.4, 0.5) is 17.6 Å². The summed E-state index contributed by atoms with van der Waals surface area (Å²) in [6, 6.07) is 0. The van der Waals surface area contributed by atoms with Crippen molar-refractivity contribution in [1.82, 2.24) is 41.7 Å². The van der Waals surface area contributed by atoms with Crippen LogP contribution in [0.5, 0.6) is 0 Å². The standard InChI is InChI=1S/C28H50F4N8.8BrH.2H2O/c29-25-23(21-39-17-3-9-35-13-11-33-5-1-7-37-15-19-39)26(30)28(32)24(27(25)31)22-40-18-4-10-36-14-12-34-6-2-8-38-16-20-40;;;;;;;;;;/h33-38H,1-22H2;8*1H;2*1H2. The predicted molar refractivity (Wildman–Crippen MR) is 242 cm³/mol. The highest BCUT2D eigenvalue weighted by atomic mass is 79.9. The largest absolute Gasteiger partial charge is 0.412 e. The molecule has 2 heterocycles. The monoisotopic (exact) mass is 1250 g/mol. The van der Waals surface area contributed by atoms with E-state index in [1.165, 1.54) is 0 Å². The lowest BCUT2D eigenvalue weighted by molar-refractivity contribution is 0.240. The summed E-state index contributed by atoms with van der Waals surface area (Å²) in [6.45, 7) is 11.6. The van der Waals surface area contributed by atoms with Gasteiger partial charge in [-0.25, -0.2) is 17.6 Å². The molecule has 50 heavy (non-hydrogen) atoms. The summed E-state index contributed by atoms with van der Waals surface area (Å²) in [5.41, 5.74) is -1.06. The maximum Gasteiger partial charge on any atom is 0.166 e. The number of hydrogen-bond acceptors (Lipinski definition) is 8. The van der Waals surface area contributed by atoms with Gasteiger partial charge >= 0.3 is 0 Å². The zero-order chi connectivity index (χ0) is 28.4. The minimum Gasteiger partial charge on any atom is -0.412 e. The number of benzene rings is 1.